The average Bonchev–Trinajstić information content (AvgIpc) is 2.94. The molecule has 3 aliphatic rings. The molecule has 2 N–H and O–H groups in total. The van der Waals surface area contributed by atoms with Crippen LogP contribution in [0.1, 0.15) is 18.4 Å². The fraction of sp³-hybridized carbons (Fsp3) is 0.294. The van der Waals surface area contributed by atoms with Gasteiger partial charge in [-0.25, -0.2) is 9.97 Å². The quantitative estimate of drug-likeness (QED) is 0.726. The van der Waals surface area contributed by atoms with Gasteiger partial charge in [-0.2, -0.15) is 4.98 Å². The van der Waals surface area contributed by atoms with Gasteiger partial charge in [0.1, 0.15) is 6.33 Å². The minimum atomic E-state index is 0.535. The molecule has 0 aliphatic heterocycles. The first-order valence-corrected chi connectivity index (χ1v) is 7.90. The number of fused-ring (bicyclic) bond motifs is 1. The van der Waals surface area contributed by atoms with Crippen molar-refractivity contribution in [2.45, 2.75) is 18.9 Å². The van der Waals surface area contributed by atoms with Crippen molar-refractivity contribution in [2.24, 2.45) is 11.8 Å². The van der Waals surface area contributed by atoms with Crippen LogP contribution in [0.4, 0.5) is 5.95 Å². The van der Waals surface area contributed by atoms with Crippen molar-refractivity contribution in [1.29, 1.82) is 5.41 Å². The summed E-state index contributed by atoms with van der Waals surface area (Å²) in [4.78, 5) is 13.4. The SMILES string of the molecule is N=Cc1cnc(NC2C3CC2C3)nc1-n1cnc2ccccc21. The summed E-state index contributed by atoms with van der Waals surface area (Å²) < 4.78 is 1.92. The molecule has 0 amide bonds. The number of hydrogen-bond donors (Lipinski definition) is 2. The van der Waals surface area contributed by atoms with Crippen LogP contribution in [0.2, 0.25) is 0 Å². The number of benzene rings is 1. The lowest BCUT2D eigenvalue weighted by atomic mass is 9.52. The highest BCUT2D eigenvalue weighted by atomic mass is 15.2. The fourth-order valence-corrected chi connectivity index (χ4v) is 3.55. The Labute approximate surface area is 133 Å². The van der Waals surface area contributed by atoms with E-state index >= 15 is 0 Å². The molecule has 6 rings (SSSR count). The number of rotatable bonds is 4. The second-order valence-corrected chi connectivity index (χ2v) is 6.38. The predicted octanol–water partition coefficient (Wildman–Crippen LogP) is 2.63. The Morgan fingerprint density at radius 3 is 2.74 bits per heavy atom. The highest BCUT2D eigenvalue weighted by Gasteiger charge is 2.52. The van der Waals surface area contributed by atoms with Crippen LogP contribution in [0.5, 0.6) is 0 Å². The Hall–Kier alpha value is -2.76. The number of aromatic nitrogens is 4. The third-order valence-corrected chi connectivity index (χ3v) is 5.16. The zero-order chi connectivity index (χ0) is 15.4. The minimum absolute atomic E-state index is 0.535. The van der Waals surface area contributed by atoms with E-state index in [1.54, 1.807) is 12.5 Å². The maximum Gasteiger partial charge on any atom is 0.224 e. The lowest BCUT2D eigenvalue weighted by Crippen LogP contribution is -2.59. The van der Waals surface area contributed by atoms with Crippen molar-refractivity contribution in [3.8, 4) is 5.82 Å². The number of imidazole rings is 1. The topological polar surface area (TPSA) is 79.5 Å². The van der Waals surface area contributed by atoms with Gasteiger partial charge in [0, 0.05) is 18.5 Å². The van der Waals surface area contributed by atoms with Crippen LogP contribution in [0.15, 0.2) is 36.8 Å². The van der Waals surface area contributed by atoms with Crippen LogP contribution in [-0.2, 0) is 0 Å². The lowest BCUT2D eigenvalue weighted by molar-refractivity contribution is -0.00435. The van der Waals surface area contributed by atoms with Crippen LogP contribution >= 0.6 is 0 Å². The maximum atomic E-state index is 7.63. The van der Waals surface area contributed by atoms with E-state index in [9.17, 15) is 0 Å². The van der Waals surface area contributed by atoms with E-state index in [2.05, 4.69) is 20.3 Å². The Kier molecular flexibility index (Phi) is 2.56. The molecule has 2 aromatic heterocycles. The van der Waals surface area contributed by atoms with Crippen LogP contribution in [0.3, 0.4) is 0 Å². The Bertz CT molecular complexity index is 900. The molecule has 3 fully saturated rings. The zero-order valence-corrected chi connectivity index (χ0v) is 12.5. The van der Waals surface area contributed by atoms with Crippen molar-refractivity contribution >= 4 is 23.2 Å². The van der Waals surface area contributed by atoms with Crippen molar-refractivity contribution in [1.82, 2.24) is 19.5 Å². The van der Waals surface area contributed by atoms with Gasteiger partial charge in [-0.1, -0.05) is 12.1 Å². The molecule has 1 aromatic carbocycles. The smallest absolute Gasteiger partial charge is 0.224 e. The molecule has 0 saturated heterocycles. The van der Waals surface area contributed by atoms with Crippen molar-refractivity contribution < 1.29 is 0 Å². The number of nitrogens with zero attached hydrogens (tertiary/aromatic N) is 4. The van der Waals surface area contributed by atoms with E-state index < -0.39 is 0 Å². The molecule has 0 unspecified atom stereocenters. The molecule has 6 nitrogen and oxygen atoms in total. The highest BCUT2D eigenvalue weighted by Crippen LogP contribution is 2.54. The first kappa shape index (κ1) is 12.8. The van der Waals surface area contributed by atoms with E-state index in [-0.39, 0.29) is 0 Å². The number of hydrogen-bond acceptors (Lipinski definition) is 5. The second kappa shape index (κ2) is 4.62. The molecule has 3 saturated carbocycles. The van der Waals surface area contributed by atoms with Crippen LogP contribution < -0.4 is 5.32 Å². The summed E-state index contributed by atoms with van der Waals surface area (Å²) in [5, 5.41) is 11.1. The van der Waals surface area contributed by atoms with Gasteiger partial charge < -0.3 is 10.7 Å². The molecule has 2 bridgehead atoms. The first-order chi connectivity index (χ1) is 11.3. The van der Waals surface area contributed by atoms with E-state index in [1.165, 1.54) is 19.1 Å². The molecule has 114 valence electrons. The Morgan fingerprint density at radius 2 is 2.00 bits per heavy atom. The van der Waals surface area contributed by atoms with Crippen LogP contribution in [-0.4, -0.2) is 31.8 Å². The summed E-state index contributed by atoms with van der Waals surface area (Å²) in [5.41, 5.74) is 2.57. The lowest BCUT2D eigenvalue weighted by Gasteiger charge is -2.58. The van der Waals surface area contributed by atoms with Gasteiger partial charge in [-0.3, -0.25) is 4.57 Å². The molecule has 6 heteroatoms. The fourth-order valence-electron chi connectivity index (χ4n) is 3.55. The third kappa shape index (κ3) is 1.81. The summed E-state index contributed by atoms with van der Waals surface area (Å²) in [5.74, 6) is 2.93. The summed E-state index contributed by atoms with van der Waals surface area (Å²) in [6.45, 7) is 0. The van der Waals surface area contributed by atoms with Gasteiger partial charge in [0.05, 0.1) is 16.6 Å². The third-order valence-electron chi connectivity index (χ3n) is 5.16. The van der Waals surface area contributed by atoms with Crippen molar-refractivity contribution in [3.05, 3.63) is 42.4 Å². The molecule has 23 heavy (non-hydrogen) atoms. The van der Waals surface area contributed by atoms with Crippen LogP contribution in [0.25, 0.3) is 16.9 Å². The molecular weight excluding hydrogens is 288 g/mol. The summed E-state index contributed by atoms with van der Waals surface area (Å²) in [6.07, 6.45) is 7.43. The van der Waals surface area contributed by atoms with E-state index in [4.69, 9.17) is 5.41 Å². The number of para-hydroxylation sites is 2. The van der Waals surface area contributed by atoms with E-state index in [0.29, 0.717) is 23.4 Å². The molecule has 0 spiro atoms. The summed E-state index contributed by atoms with van der Waals surface area (Å²) >= 11 is 0. The monoisotopic (exact) mass is 304 g/mol. The normalized spacial score (nSPS) is 24.8. The molecule has 3 aromatic rings. The molecule has 3 aliphatic carbocycles. The van der Waals surface area contributed by atoms with Crippen molar-refractivity contribution in [3.63, 3.8) is 0 Å². The molecular formula is C17H16N6. The first-order valence-electron chi connectivity index (χ1n) is 7.90. The Balaban J connectivity index is 1.58. The number of nitrogens with one attached hydrogen (secondary N) is 2. The van der Waals surface area contributed by atoms with Crippen LogP contribution in [0, 0.1) is 17.2 Å². The minimum Gasteiger partial charge on any atom is -0.351 e. The Morgan fingerprint density at radius 1 is 1.17 bits per heavy atom. The number of anilines is 1. The second-order valence-electron chi connectivity index (χ2n) is 6.38. The summed E-state index contributed by atoms with van der Waals surface area (Å²) in [7, 11) is 0. The highest BCUT2D eigenvalue weighted by molar-refractivity contribution is 5.84. The standard InChI is InChI=1S/C17H16N6/c18-7-12-8-19-17(21-15-10-5-11(15)6-10)22-16(12)23-9-20-13-3-1-2-4-14(13)23/h1-4,7-11,15,18H,5-6H2,(H,19,21,22). The van der Waals surface area contributed by atoms with E-state index in [0.717, 1.165) is 22.9 Å². The average molecular weight is 304 g/mol. The van der Waals surface area contributed by atoms with Gasteiger partial charge in [0.15, 0.2) is 5.82 Å². The van der Waals surface area contributed by atoms with Gasteiger partial charge in [-0.15, -0.1) is 0 Å². The maximum absolute atomic E-state index is 7.63. The van der Waals surface area contributed by atoms with Crippen molar-refractivity contribution in [2.75, 3.05) is 5.32 Å². The molecule has 0 atom stereocenters. The molecule has 0 radical (unpaired) electrons. The van der Waals surface area contributed by atoms with Gasteiger partial charge in [-0.05, 0) is 36.8 Å². The van der Waals surface area contributed by atoms with E-state index in [1.807, 2.05) is 28.8 Å². The largest absolute Gasteiger partial charge is 0.351 e. The van der Waals surface area contributed by atoms with Gasteiger partial charge in [0.2, 0.25) is 5.95 Å². The summed E-state index contributed by atoms with van der Waals surface area (Å²) in [6, 6.07) is 8.46. The van der Waals surface area contributed by atoms with Gasteiger partial charge in [0.25, 0.3) is 0 Å². The van der Waals surface area contributed by atoms with Gasteiger partial charge >= 0.3 is 0 Å². The molecule has 2 heterocycles. The zero-order valence-electron chi connectivity index (χ0n) is 12.5. The predicted molar refractivity (Wildman–Crippen MR) is 88.2 cm³/mol.